The molecule has 162 valence electrons. The van der Waals surface area contributed by atoms with Crippen molar-refractivity contribution in [3.05, 3.63) is 70.4 Å². The lowest BCUT2D eigenvalue weighted by Gasteiger charge is -2.33. The van der Waals surface area contributed by atoms with E-state index in [1.807, 2.05) is 0 Å². The van der Waals surface area contributed by atoms with Crippen LogP contribution in [-0.4, -0.2) is 27.0 Å². The number of alkyl halides is 3. The summed E-state index contributed by atoms with van der Waals surface area (Å²) in [7, 11) is 0. The number of rotatable bonds is 3. The zero-order valence-electron chi connectivity index (χ0n) is 16.2. The third-order valence-corrected chi connectivity index (χ3v) is 5.47. The molecule has 0 saturated heterocycles. The standard InChI is InChI=1S/C21H18ClF3N4O2/c1-11-7-8-15(30)14(9-11)27-20(31)18-17(22)19-26-13(12-5-3-2-4-6-12)10-16(21(23,24)25)29(19)28-18/h2-9,13,16,26,30H,10H2,1H3,(H,27,31)/t13-,16-/m0/s1. The molecule has 0 fully saturated rings. The zero-order valence-corrected chi connectivity index (χ0v) is 17.0. The number of phenolic OH excluding ortho intramolecular Hbond substituents is 1. The van der Waals surface area contributed by atoms with Gasteiger partial charge in [-0.25, -0.2) is 4.68 Å². The zero-order chi connectivity index (χ0) is 22.3. The highest BCUT2D eigenvalue weighted by Gasteiger charge is 2.47. The van der Waals surface area contributed by atoms with E-state index in [0.717, 1.165) is 5.56 Å². The highest BCUT2D eigenvalue weighted by atomic mass is 35.5. The van der Waals surface area contributed by atoms with Crippen molar-refractivity contribution in [2.75, 3.05) is 10.6 Å². The van der Waals surface area contributed by atoms with Gasteiger partial charge in [0.2, 0.25) is 0 Å². The fraction of sp³-hybridized carbons (Fsp3) is 0.238. The molecule has 0 radical (unpaired) electrons. The summed E-state index contributed by atoms with van der Waals surface area (Å²) in [5.41, 5.74) is 1.17. The van der Waals surface area contributed by atoms with Crippen LogP contribution in [0.5, 0.6) is 5.75 Å². The van der Waals surface area contributed by atoms with Gasteiger partial charge in [0.25, 0.3) is 5.91 Å². The Morgan fingerprint density at radius 2 is 1.97 bits per heavy atom. The molecule has 3 N–H and O–H groups in total. The molecule has 3 aromatic rings. The van der Waals surface area contributed by atoms with Crippen LogP contribution in [-0.2, 0) is 0 Å². The molecule has 10 heteroatoms. The van der Waals surface area contributed by atoms with Crippen LogP contribution in [0.15, 0.2) is 48.5 Å². The van der Waals surface area contributed by atoms with Crippen LogP contribution in [0.25, 0.3) is 0 Å². The first kappa shape index (κ1) is 21.0. The molecular weight excluding hydrogens is 433 g/mol. The second-order valence-corrected chi connectivity index (χ2v) is 7.71. The Balaban J connectivity index is 1.71. The number of benzene rings is 2. The predicted octanol–water partition coefficient (Wildman–Crippen LogP) is 5.46. The molecule has 2 atom stereocenters. The summed E-state index contributed by atoms with van der Waals surface area (Å²) in [5, 5.41) is 19.0. The Bertz CT molecular complexity index is 1130. The maximum absolute atomic E-state index is 13.8. The summed E-state index contributed by atoms with van der Waals surface area (Å²) in [6, 6.07) is 10.6. The summed E-state index contributed by atoms with van der Waals surface area (Å²) < 4.78 is 42.2. The van der Waals surface area contributed by atoms with Crippen LogP contribution in [0.3, 0.4) is 0 Å². The van der Waals surface area contributed by atoms with Crippen molar-refractivity contribution in [3.63, 3.8) is 0 Å². The number of carbonyl (C=O) groups is 1. The van der Waals surface area contributed by atoms with Crippen LogP contribution in [0, 0.1) is 6.92 Å². The number of aromatic hydroxyl groups is 1. The first-order chi connectivity index (χ1) is 14.6. The van der Waals surface area contributed by atoms with E-state index in [1.165, 1.54) is 12.1 Å². The second-order valence-electron chi connectivity index (χ2n) is 7.33. The third kappa shape index (κ3) is 4.05. The largest absolute Gasteiger partial charge is 0.506 e. The molecule has 2 aromatic carbocycles. The number of phenols is 1. The van der Waals surface area contributed by atoms with Crippen molar-refractivity contribution in [2.24, 2.45) is 0 Å². The number of amides is 1. The Kier molecular flexibility index (Phi) is 5.30. The van der Waals surface area contributed by atoms with Crippen molar-refractivity contribution in [3.8, 4) is 5.75 Å². The molecular formula is C21H18ClF3N4O2. The molecule has 6 nitrogen and oxygen atoms in total. The van der Waals surface area contributed by atoms with Gasteiger partial charge in [0, 0.05) is 6.42 Å². The number of hydrogen-bond acceptors (Lipinski definition) is 4. The smallest absolute Gasteiger partial charge is 0.410 e. The number of carbonyl (C=O) groups excluding carboxylic acids is 1. The molecule has 0 spiro atoms. The SMILES string of the molecule is Cc1ccc(O)c(NC(=O)c2nn3c(c2Cl)N[C@H](c2ccccc2)C[C@H]3C(F)(F)F)c1. The van der Waals surface area contributed by atoms with Crippen LogP contribution >= 0.6 is 11.6 Å². The van der Waals surface area contributed by atoms with Crippen LogP contribution < -0.4 is 10.6 Å². The van der Waals surface area contributed by atoms with Gasteiger partial charge < -0.3 is 15.7 Å². The lowest BCUT2D eigenvalue weighted by Crippen LogP contribution is -2.35. The minimum atomic E-state index is -4.60. The molecule has 2 heterocycles. The molecule has 1 amide bonds. The van der Waals surface area contributed by atoms with Crippen molar-refractivity contribution in [2.45, 2.75) is 31.6 Å². The van der Waals surface area contributed by atoms with Gasteiger partial charge in [0.05, 0.1) is 11.7 Å². The highest BCUT2D eigenvalue weighted by Crippen LogP contribution is 2.46. The summed E-state index contributed by atoms with van der Waals surface area (Å²) in [4.78, 5) is 12.7. The Morgan fingerprint density at radius 1 is 1.26 bits per heavy atom. The minimum absolute atomic E-state index is 0.0808. The van der Waals surface area contributed by atoms with Gasteiger partial charge in [-0.3, -0.25) is 4.79 Å². The number of anilines is 2. The van der Waals surface area contributed by atoms with Crippen molar-refractivity contribution < 1.29 is 23.1 Å². The van der Waals surface area contributed by atoms with Crippen LogP contribution in [0.4, 0.5) is 24.7 Å². The van der Waals surface area contributed by atoms with Gasteiger partial charge in [0.15, 0.2) is 11.7 Å². The summed E-state index contributed by atoms with van der Waals surface area (Å²) in [6.07, 6.45) is -4.90. The van der Waals surface area contributed by atoms with E-state index in [2.05, 4.69) is 15.7 Å². The van der Waals surface area contributed by atoms with Gasteiger partial charge in [-0.15, -0.1) is 0 Å². The fourth-order valence-electron chi connectivity index (χ4n) is 3.57. The quantitative estimate of drug-likeness (QED) is 0.463. The Morgan fingerprint density at radius 3 is 2.65 bits per heavy atom. The third-order valence-electron chi connectivity index (χ3n) is 5.11. The maximum Gasteiger partial charge on any atom is 0.410 e. The number of hydrogen-bond donors (Lipinski definition) is 3. The first-order valence-corrected chi connectivity index (χ1v) is 9.80. The molecule has 0 aliphatic carbocycles. The first-order valence-electron chi connectivity index (χ1n) is 9.42. The number of aryl methyl sites for hydroxylation is 1. The van der Waals surface area contributed by atoms with E-state index in [4.69, 9.17) is 11.6 Å². The van der Waals surface area contributed by atoms with Crippen LogP contribution in [0.2, 0.25) is 5.02 Å². The Hall–Kier alpha value is -3.20. The molecule has 1 aliphatic rings. The minimum Gasteiger partial charge on any atom is -0.506 e. The lowest BCUT2D eigenvalue weighted by molar-refractivity contribution is -0.173. The molecule has 31 heavy (non-hydrogen) atoms. The van der Waals surface area contributed by atoms with E-state index in [9.17, 15) is 23.1 Å². The normalized spacial score (nSPS) is 18.2. The summed E-state index contributed by atoms with van der Waals surface area (Å²) in [6.45, 7) is 1.76. The number of nitrogens with zero attached hydrogens (tertiary/aromatic N) is 2. The summed E-state index contributed by atoms with van der Waals surface area (Å²) in [5.74, 6) is -1.09. The van der Waals surface area contributed by atoms with E-state index in [0.29, 0.717) is 10.2 Å². The number of nitrogens with one attached hydrogen (secondary N) is 2. The van der Waals surface area contributed by atoms with Gasteiger partial charge >= 0.3 is 6.18 Å². The van der Waals surface area contributed by atoms with E-state index < -0.39 is 24.2 Å². The fourth-order valence-corrected chi connectivity index (χ4v) is 3.83. The van der Waals surface area contributed by atoms with Gasteiger partial charge in [-0.1, -0.05) is 48.0 Å². The summed E-state index contributed by atoms with van der Waals surface area (Å²) >= 11 is 6.31. The average molecular weight is 451 g/mol. The van der Waals surface area contributed by atoms with E-state index in [1.54, 1.807) is 43.3 Å². The van der Waals surface area contributed by atoms with Gasteiger partial charge in [-0.05, 0) is 30.2 Å². The van der Waals surface area contributed by atoms with Gasteiger partial charge in [-0.2, -0.15) is 18.3 Å². The number of fused-ring (bicyclic) bond motifs is 1. The Labute approximate surface area is 180 Å². The molecule has 0 unspecified atom stereocenters. The van der Waals surface area contributed by atoms with Crippen molar-refractivity contribution in [1.82, 2.24) is 9.78 Å². The predicted molar refractivity (Wildman–Crippen MR) is 111 cm³/mol. The molecule has 0 bridgehead atoms. The molecule has 1 aliphatic heterocycles. The monoisotopic (exact) mass is 450 g/mol. The molecule has 0 saturated carbocycles. The topological polar surface area (TPSA) is 79.2 Å². The second kappa shape index (κ2) is 7.81. The number of aromatic nitrogens is 2. The molecule has 4 rings (SSSR count). The van der Waals surface area contributed by atoms with Crippen molar-refractivity contribution >= 4 is 29.0 Å². The highest BCUT2D eigenvalue weighted by molar-refractivity contribution is 6.36. The maximum atomic E-state index is 13.8. The lowest BCUT2D eigenvalue weighted by atomic mass is 9.97. The molecule has 1 aromatic heterocycles. The van der Waals surface area contributed by atoms with Gasteiger partial charge in [0.1, 0.15) is 16.6 Å². The average Bonchev–Trinajstić information content (AvgIpc) is 3.06. The van der Waals surface area contributed by atoms with E-state index in [-0.39, 0.29) is 34.4 Å². The van der Waals surface area contributed by atoms with Crippen LogP contribution in [0.1, 0.15) is 40.1 Å². The number of halogens is 4. The van der Waals surface area contributed by atoms with E-state index >= 15 is 0 Å². The van der Waals surface area contributed by atoms with Crippen molar-refractivity contribution in [1.29, 1.82) is 0 Å².